The fraction of sp³-hybridized carbons (Fsp3) is 1.00. The SMILES string of the molecule is CCC1(OC)CC(C)C1. The lowest BCUT2D eigenvalue weighted by Gasteiger charge is -2.44. The quantitative estimate of drug-likeness (QED) is 0.554. The van der Waals surface area contributed by atoms with E-state index in [1.165, 1.54) is 19.3 Å². The zero-order chi connectivity index (χ0) is 6.91. The highest BCUT2D eigenvalue weighted by Crippen LogP contribution is 2.42. The molecular formula is C8H16O. The van der Waals surface area contributed by atoms with Crippen molar-refractivity contribution in [3.8, 4) is 0 Å². The molecular weight excluding hydrogens is 112 g/mol. The molecule has 0 aromatic heterocycles. The minimum absolute atomic E-state index is 0.277. The van der Waals surface area contributed by atoms with Crippen LogP contribution in [0.2, 0.25) is 0 Å². The molecule has 0 N–H and O–H groups in total. The molecule has 1 rings (SSSR count). The molecule has 0 aliphatic heterocycles. The summed E-state index contributed by atoms with van der Waals surface area (Å²) in [6, 6.07) is 0. The van der Waals surface area contributed by atoms with Gasteiger partial charge in [-0.05, 0) is 25.2 Å². The van der Waals surface area contributed by atoms with Gasteiger partial charge in [0.25, 0.3) is 0 Å². The predicted octanol–water partition coefficient (Wildman–Crippen LogP) is 2.21. The summed E-state index contributed by atoms with van der Waals surface area (Å²) >= 11 is 0. The van der Waals surface area contributed by atoms with Crippen molar-refractivity contribution in [2.45, 2.75) is 38.7 Å². The van der Waals surface area contributed by atoms with Crippen molar-refractivity contribution in [1.82, 2.24) is 0 Å². The molecule has 54 valence electrons. The van der Waals surface area contributed by atoms with E-state index in [0.29, 0.717) is 0 Å². The number of methoxy groups -OCH3 is 1. The highest BCUT2D eigenvalue weighted by Gasteiger charge is 2.40. The van der Waals surface area contributed by atoms with Crippen LogP contribution in [0.15, 0.2) is 0 Å². The average molecular weight is 128 g/mol. The van der Waals surface area contributed by atoms with Crippen LogP contribution in [0.25, 0.3) is 0 Å². The number of ether oxygens (including phenoxy) is 1. The summed E-state index contributed by atoms with van der Waals surface area (Å²) in [4.78, 5) is 0. The van der Waals surface area contributed by atoms with Crippen molar-refractivity contribution < 1.29 is 4.74 Å². The highest BCUT2D eigenvalue weighted by atomic mass is 16.5. The Balaban J connectivity index is 2.36. The Labute approximate surface area is 57.4 Å². The van der Waals surface area contributed by atoms with Gasteiger partial charge in [-0.1, -0.05) is 13.8 Å². The number of hydrogen-bond donors (Lipinski definition) is 0. The van der Waals surface area contributed by atoms with Gasteiger partial charge in [0.2, 0.25) is 0 Å². The van der Waals surface area contributed by atoms with Gasteiger partial charge in [-0.2, -0.15) is 0 Å². The molecule has 0 saturated heterocycles. The maximum Gasteiger partial charge on any atom is 0.0681 e. The number of hydrogen-bond acceptors (Lipinski definition) is 1. The van der Waals surface area contributed by atoms with Crippen molar-refractivity contribution in [1.29, 1.82) is 0 Å². The highest BCUT2D eigenvalue weighted by molar-refractivity contribution is 4.92. The second kappa shape index (κ2) is 2.30. The lowest BCUT2D eigenvalue weighted by molar-refractivity contribution is -0.102. The maximum atomic E-state index is 5.39. The van der Waals surface area contributed by atoms with Gasteiger partial charge in [0.15, 0.2) is 0 Å². The predicted molar refractivity (Wildman–Crippen MR) is 38.4 cm³/mol. The molecule has 0 aromatic carbocycles. The van der Waals surface area contributed by atoms with Gasteiger partial charge in [-0.3, -0.25) is 0 Å². The van der Waals surface area contributed by atoms with Crippen LogP contribution in [0.5, 0.6) is 0 Å². The van der Waals surface area contributed by atoms with Gasteiger partial charge in [0, 0.05) is 7.11 Å². The van der Waals surface area contributed by atoms with Crippen LogP contribution in [0.4, 0.5) is 0 Å². The van der Waals surface area contributed by atoms with E-state index >= 15 is 0 Å². The number of rotatable bonds is 2. The molecule has 0 atom stereocenters. The van der Waals surface area contributed by atoms with Crippen molar-refractivity contribution in [2.24, 2.45) is 5.92 Å². The van der Waals surface area contributed by atoms with E-state index in [1.807, 2.05) is 7.11 Å². The van der Waals surface area contributed by atoms with Crippen molar-refractivity contribution in [3.05, 3.63) is 0 Å². The molecule has 0 aromatic rings. The van der Waals surface area contributed by atoms with Crippen molar-refractivity contribution >= 4 is 0 Å². The molecule has 1 heteroatoms. The molecule has 1 fully saturated rings. The van der Waals surface area contributed by atoms with Crippen LogP contribution in [0.3, 0.4) is 0 Å². The Morgan fingerprint density at radius 2 is 2.11 bits per heavy atom. The molecule has 0 spiro atoms. The van der Waals surface area contributed by atoms with Gasteiger partial charge in [0.1, 0.15) is 0 Å². The normalized spacial score (nSPS) is 42.3. The molecule has 1 nitrogen and oxygen atoms in total. The zero-order valence-electron chi connectivity index (χ0n) is 6.61. The van der Waals surface area contributed by atoms with E-state index in [1.54, 1.807) is 0 Å². The fourth-order valence-electron chi connectivity index (χ4n) is 1.81. The first kappa shape index (κ1) is 7.07. The molecule has 0 unspecified atom stereocenters. The van der Waals surface area contributed by atoms with Crippen molar-refractivity contribution in [2.75, 3.05) is 7.11 Å². The molecule has 1 saturated carbocycles. The minimum Gasteiger partial charge on any atom is -0.378 e. The third kappa shape index (κ3) is 1.11. The first-order valence-corrected chi connectivity index (χ1v) is 3.77. The average Bonchev–Trinajstić information content (AvgIpc) is 1.81. The summed E-state index contributed by atoms with van der Waals surface area (Å²) in [7, 11) is 1.83. The molecule has 1 aliphatic carbocycles. The Morgan fingerprint density at radius 1 is 1.56 bits per heavy atom. The first-order valence-electron chi connectivity index (χ1n) is 3.77. The van der Waals surface area contributed by atoms with Crippen LogP contribution >= 0.6 is 0 Å². The van der Waals surface area contributed by atoms with Gasteiger partial charge in [-0.25, -0.2) is 0 Å². The van der Waals surface area contributed by atoms with Gasteiger partial charge < -0.3 is 4.74 Å². The van der Waals surface area contributed by atoms with Crippen LogP contribution in [-0.2, 0) is 4.74 Å². The lowest BCUT2D eigenvalue weighted by atomic mass is 9.70. The summed E-state index contributed by atoms with van der Waals surface area (Å²) in [5.74, 6) is 0.893. The van der Waals surface area contributed by atoms with E-state index in [9.17, 15) is 0 Å². The standard InChI is InChI=1S/C8H16O/c1-4-8(9-3)5-7(2)6-8/h7H,4-6H2,1-3H3. The maximum absolute atomic E-state index is 5.39. The van der Waals surface area contributed by atoms with Crippen LogP contribution in [0, 0.1) is 5.92 Å². The van der Waals surface area contributed by atoms with E-state index in [-0.39, 0.29) is 5.60 Å². The van der Waals surface area contributed by atoms with Crippen LogP contribution in [0.1, 0.15) is 33.1 Å². The summed E-state index contributed by atoms with van der Waals surface area (Å²) in [6.45, 7) is 4.49. The van der Waals surface area contributed by atoms with E-state index in [4.69, 9.17) is 4.74 Å². The molecule has 0 heterocycles. The Kier molecular flexibility index (Phi) is 1.80. The third-order valence-electron chi connectivity index (χ3n) is 2.52. The Hall–Kier alpha value is -0.0400. The third-order valence-corrected chi connectivity index (χ3v) is 2.52. The van der Waals surface area contributed by atoms with E-state index in [0.717, 1.165) is 5.92 Å². The van der Waals surface area contributed by atoms with E-state index < -0.39 is 0 Å². The lowest BCUT2D eigenvalue weighted by Crippen LogP contribution is -2.43. The largest absolute Gasteiger partial charge is 0.378 e. The summed E-state index contributed by atoms with van der Waals surface area (Å²) < 4.78 is 5.39. The second-order valence-corrected chi connectivity index (χ2v) is 3.25. The zero-order valence-corrected chi connectivity index (χ0v) is 6.61. The summed E-state index contributed by atoms with van der Waals surface area (Å²) in [5.41, 5.74) is 0.277. The molecule has 0 amide bonds. The van der Waals surface area contributed by atoms with Gasteiger partial charge in [0.05, 0.1) is 5.60 Å². The van der Waals surface area contributed by atoms with Crippen molar-refractivity contribution in [3.63, 3.8) is 0 Å². The Morgan fingerprint density at radius 3 is 2.22 bits per heavy atom. The first-order chi connectivity index (χ1) is 4.22. The van der Waals surface area contributed by atoms with Crippen LogP contribution < -0.4 is 0 Å². The second-order valence-electron chi connectivity index (χ2n) is 3.25. The Bertz CT molecular complexity index is 86.7. The summed E-state index contributed by atoms with van der Waals surface area (Å²) in [6.07, 6.45) is 3.70. The fourth-order valence-corrected chi connectivity index (χ4v) is 1.81. The van der Waals surface area contributed by atoms with Gasteiger partial charge >= 0.3 is 0 Å². The smallest absolute Gasteiger partial charge is 0.0681 e. The monoisotopic (exact) mass is 128 g/mol. The molecule has 0 radical (unpaired) electrons. The molecule has 1 aliphatic rings. The van der Waals surface area contributed by atoms with Crippen LogP contribution in [-0.4, -0.2) is 12.7 Å². The topological polar surface area (TPSA) is 9.23 Å². The molecule has 9 heavy (non-hydrogen) atoms. The molecule has 0 bridgehead atoms. The minimum atomic E-state index is 0.277. The van der Waals surface area contributed by atoms with Gasteiger partial charge in [-0.15, -0.1) is 0 Å². The van der Waals surface area contributed by atoms with E-state index in [2.05, 4.69) is 13.8 Å². The summed E-state index contributed by atoms with van der Waals surface area (Å²) in [5, 5.41) is 0.